The predicted octanol–water partition coefficient (Wildman–Crippen LogP) is 4.33. The third kappa shape index (κ3) is 6.25. The number of nitro groups is 1. The maximum Gasteiger partial charge on any atom is 0.269 e. The highest BCUT2D eigenvalue weighted by Crippen LogP contribution is 2.24. The molecule has 0 fully saturated rings. The molecular weight excluding hydrogens is 264 g/mol. The van der Waals surface area contributed by atoms with Gasteiger partial charge >= 0.3 is 0 Å². The Kier molecular flexibility index (Phi) is 6.82. The smallest absolute Gasteiger partial charge is 0.269 e. The highest BCUT2D eigenvalue weighted by molar-refractivity contribution is 5.32. The van der Waals surface area contributed by atoms with E-state index in [1.807, 2.05) is 12.1 Å². The van der Waals surface area contributed by atoms with Crippen molar-refractivity contribution >= 4 is 5.69 Å². The Morgan fingerprint density at radius 3 is 2.33 bits per heavy atom. The molecule has 0 aromatic heterocycles. The number of nitrogens with one attached hydrogen (secondary N) is 1. The monoisotopic (exact) mass is 292 g/mol. The first-order valence-corrected chi connectivity index (χ1v) is 7.81. The van der Waals surface area contributed by atoms with Gasteiger partial charge < -0.3 is 5.32 Å². The van der Waals surface area contributed by atoms with Crippen molar-refractivity contribution in [1.82, 2.24) is 5.32 Å². The van der Waals surface area contributed by atoms with Crippen molar-refractivity contribution in [2.75, 3.05) is 6.54 Å². The number of hydrogen-bond donors (Lipinski definition) is 1. The van der Waals surface area contributed by atoms with Crippen LogP contribution in [0.4, 0.5) is 5.69 Å². The molecule has 1 unspecified atom stereocenters. The van der Waals surface area contributed by atoms with Crippen LogP contribution in [-0.4, -0.2) is 17.5 Å². The average Bonchev–Trinajstić information content (AvgIpc) is 2.41. The topological polar surface area (TPSA) is 55.2 Å². The molecule has 1 aromatic rings. The molecule has 1 N–H and O–H groups in total. The van der Waals surface area contributed by atoms with Crippen LogP contribution in [0, 0.1) is 15.5 Å². The zero-order valence-electron chi connectivity index (χ0n) is 13.7. The van der Waals surface area contributed by atoms with Crippen LogP contribution >= 0.6 is 0 Å². The van der Waals surface area contributed by atoms with Gasteiger partial charge in [0.1, 0.15) is 0 Å². The second-order valence-electron chi connectivity index (χ2n) is 6.69. The minimum absolute atomic E-state index is 0.163. The summed E-state index contributed by atoms with van der Waals surface area (Å²) in [5.74, 6) is 0. The highest BCUT2D eigenvalue weighted by Gasteiger charge is 2.23. The van der Waals surface area contributed by atoms with Crippen LogP contribution in [0.1, 0.15) is 52.5 Å². The molecule has 1 rings (SSSR count). The second-order valence-corrected chi connectivity index (χ2v) is 6.69. The number of non-ortho nitro benzene ring substituents is 1. The van der Waals surface area contributed by atoms with Crippen LogP contribution < -0.4 is 5.32 Å². The lowest BCUT2D eigenvalue weighted by molar-refractivity contribution is -0.384. The molecule has 0 bridgehead atoms. The molecular formula is C17H28N2O2. The average molecular weight is 292 g/mol. The summed E-state index contributed by atoms with van der Waals surface area (Å²) in [7, 11) is 0. The predicted molar refractivity (Wildman–Crippen MR) is 87.6 cm³/mol. The van der Waals surface area contributed by atoms with Gasteiger partial charge in [0.05, 0.1) is 4.92 Å². The summed E-state index contributed by atoms with van der Waals surface area (Å²) in [6.45, 7) is 10.0. The Morgan fingerprint density at radius 2 is 1.86 bits per heavy atom. The Labute approximate surface area is 128 Å². The first kappa shape index (κ1) is 17.6. The van der Waals surface area contributed by atoms with Crippen LogP contribution in [0.25, 0.3) is 0 Å². The molecule has 0 aliphatic carbocycles. The number of nitro benzene ring substituents is 1. The Morgan fingerprint density at radius 1 is 1.24 bits per heavy atom. The van der Waals surface area contributed by atoms with E-state index in [1.54, 1.807) is 12.1 Å². The Hall–Kier alpha value is -1.42. The first-order chi connectivity index (χ1) is 9.84. The van der Waals surface area contributed by atoms with Gasteiger partial charge in [-0.1, -0.05) is 39.8 Å². The van der Waals surface area contributed by atoms with Crippen LogP contribution in [0.5, 0.6) is 0 Å². The maximum atomic E-state index is 10.6. The van der Waals surface area contributed by atoms with Crippen molar-refractivity contribution in [3.8, 4) is 0 Å². The fourth-order valence-corrected chi connectivity index (χ4v) is 2.45. The van der Waals surface area contributed by atoms with E-state index in [4.69, 9.17) is 0 Å². The molecule has 0 saturated carbocycles. The van der Waals surface area contributed by atoms with Crippen molar-refractivity contribution in [2.45, 2.75) is 59.4 Å². The van der Waals surface area contributed by atoms with Crippen molar-refractivity contribution in [2.24, 2.45) is 5.41 Å². The van der Waals surface area contributed by atoms with E-state index in [-0.39, 0.29) is 16.0 Å². The van der Waals surface area contributed by atoms with E-state index < -0.39 is 0 Å². The first-order valence-electron chi connectivity index (χ1n) is 7.81. The lowest BCUT2D eigenvalue weighted by Gasteiger charge is -2.32. The van der Waals surface area contributed by atoms with Gasteiger partial charge in [-0.2, -0.15) is 0 Å². The van der Waals surface area contributed by atoms with Crippen molar-refractivity contribution < 1.29 is 4.92 Å². The fourth-order valence-electron chi connectivity index (χ4n) is 2.45. The Balaban J connectivity index is 2.47. The molecule has 0 aliphatic rings. The number of rotatable bonds is 8. The molecule has 4 heteroatoms. The number of benzene rings is 1. The van der Waals surface area contributed by atoms with Crippen LogP contribution in [0.3, 0.4) is 0 Å². The standard InChI is InChI=1S/C17H28N2O2/c1-5-13-18-16(17(2,3)4)8-6-7-14-9-11-15(12-10-14)19(20)21/h9-12,16,18H,5-8,13H2,1-4H3. The van der Waals surface area contributed by atoms with Gasteiger partial charge in [-0.15, -0.1) is 0 Å². The van der Waals surface area contributed by atoms with E-state index in [0.717, 1.165) is 32.2 Å². The van der Waals surface area contributed by atoms with Crippen LogP contribution in [-0.2, 0) is 6.42 Å². The minimum atomic E-state index is -0.353. The van der Waals surface area contributed by atoms with Crippen LogP contribution in [0.15, 0.2) is 24.3 Å². The van der Waals surface area contributed by atoms with Gasteiger partial charge in [-0.05, 0) is 43.2 Å². The summed E-state index contributed by atoms with van der Waals surface area (Å²) in [6.07, 6.45) is 4.34. The summed E-state index contributed by atoms with van der Waals surface area (Å²) >= 11 is 0. The molecule has 4 nitrogen and oxygen atoms in total. The number of nitrogens with zero attached hydrogens (tertiary/aromatic N) is 1. The van der Waals surface area contributed by atoms with Crippen molar-refractivity contribution in [1.29, 1.82) is 0 Å². The zero-order valence-corrected chi connectivity index (χ0v) is 13.7. The quantitative estimate of drug-likeness (QED) is 0.573. The maximum absolute atomic E-state index is 10.6. The van der Waals surface area contributed by atoms with Gasteiger partial charge in [0.15, 0.2) is 0 Å². The summed E-state index contributed by atoms with van der Waals surface area (Å²) in [4.78, 5) is 10.3. The third-order valence-corrected chi connectivity index (χ3v) is 3.79. The van der Waals surface area contributed by atoms with E-state index >= 15 is 0 Å². The molecule has 118 valence electrons. The van der Waals surface area contributed by atoms with Gasteiger partial charge in [0.25, 0.3) is 5.69 Å². The third-order valence-electron chi connectivity index (χ3n) is 3.79. The molecule has 0 heterocycles. The molecule has 0 radical (unpaired) electrons. The van der Waals surface area contributed by atoms with Gasteiger partial charge in [0.2, 0.25) is 0 Å². The normalized spacial score (nSPS) is 13.1. The molecule has 1 atom stereocenters. The summed E-state index contributed by atoms with van der Waals surface area (Å²) in [6, 6.07) is 7.42. The van der Waals surface area contributed by atoms with Gasteiger partial charge in [-0.3, -0.25) is 10.1 Å². The van der Waals surface area contributed by atoms with Crippen molar-refractivity contribution in [3.05, 3.63) is 39.9 Å². The van der Waals surface area contributed by atoms with Crippen LogP contribution in [0.2, 0.25) is 0 Å². The molecule has 1 aromatic carbocycles. The lowest BCUT2D eigenvalue weighted by Crippen LogP contribution is -2.40. The minimum Gasteiger partial charge on any atom is -0.313 e. The molecule has 0 amide bonds. The van der Waals surface area contributed by atoms with E-state index in [9.17, 15) is 10.1 Å². The highest BCUT2D eigenvalue weighted by atomic mass is 16.6. The number of hydrogen-bond acceptors (Lipinski definition) is 3. The molecule has 21 heavy (non-hydrogen) atoms. The van der Waals surface area contributed by atoms with E-state index in [2.05, 4.69) is 33.0 Å². The largest absolute Gasteiger partial charge is 0.313 e. The number of aryl methyl sites for hydroxylation is 1. The summed E-state index contributed by atoms with van der Waals surface area (Å²) in [5.41, 5.74) is 1.59. The van der Waals surface area contributed by atoms with E-state index in [0.29, 0.717) is 6.04 Å². The zero-order chi connectivity index (χ0) is 15.9. The van der Waals surface area contributed by atoms with Gasteiger partial charge in [-0.25, -0.2) is 0 Å². The van der Waals surface area contributed by atoms with Gasteiger partial charge in [0, 0.05) is 18.2 Å². The summed E-state index contributed by atoms with van der Waals surface area (Å²) in [5, 5.41) is 14.3. The molecule has 0 aliphatic heterocycles. The SMILES string of the molecule is CCCNC(CCCc1ccc([N+](=O)[O-])cc1)C(C)(C)C. The lowest BCUT2D eigenvalue weighted by atomic mass is 9.83. The second kappa shape index (κ2) is 8.13. The Bertz CT molecular complexity index is 435. The summed E-state index contributed by atoms with van der Waals surface area (Å²) < 4.78 is 0. The molecule has 0 saturated heterocycles. The fraction of sp³-hybridized carbons (Fsp3) is 0.647. The van der Waals surface area contributed by atoms with Crippen molar-refractivity contribution in [3.63, 3.8) is 0 Å². The molecule has 0 spiro atoms. The van der Waals surface area contributed by atoms with E-state index in [1.165, 1.54) is 5.56 Å².